The number of aromatic nitrogens is 1. The molecule has 0 aliphatic carbocycles. The Kier molecular flexibility index (Phi) is 3.83. The number of nitrogens with one attached hydrogen (secondary N) is 1. The van der Waals surface area contributed by atoms with Gasteiger partial charge < -0.3 is 10.4 Å². The van der Waals surface area contributed by atoms with Gasteiger partial charge in [-0.05, 0) is 35.4 Å². The van der Waals surface area contributed by atoms with Gasteiger partial charge in [-0.15, -0.1) is 0 Å². The van der Waals surface area contributed by atoms with Crippen molar-refractivity contribution in [2.45, 2.75) is 0 Å². The average molecular weight is 290 g/mol. The van der Waals surface area contributed by atoms with E-state index in [4.69, 9.17) is 0 Å². The van der Waals surface area contributed by atoms with E-state index in [0.29, 0.717) is 5.56 Å². The van der Waals surface area contributed by atoms with E-state index in [9.17, 15) is 9.90 Å². The third-order valence-corrected chi connectivity index (χ3v) is 3.27. The van der Waals surface area contributed by atoms with Gasteiger partial charge in [0, 0.05) is 11.8 Å². The molecule has 0 saturated carbocycles. The number of carbonyl (C=O) groups excluding carboxylic acids is 1. The maximum Gasteiger partial charge on any atom is 0.256 e. The Balaban J connectivity index is 1.78. The summed E-state index contributed by atoms with van der Waals surface area (Å²) in [5.74, 6) is -0.218. The molecule has 4 nitrogen and oxygen atoms in total. The van der Waals surface area contributed by atoms with Gasteiger partial charge in [-0.2, -0.15) is 0 Å². The number of hydrogen-bond donors (Lipinski definition) is 2. The van der Waals surface area contributed by atoms with Crippen molar-refractivity contribution in [2.24, 2.45) is 0 Å². The fraction of sp³-hybridized carbons (Fsp3) is 0. The number of hydrogen-bond acceptors (Lipinski definition) is 3. The van der Waals surface area contributed by atoms with Gasteiger partial charge in [-0.3, -0.25) is 4.79 Å². The first kappa shape index (κ1) is 13.8. The van der Waals surface area contributed by atoms with Crippen molar-refractivity contribution in [3.8, 4) is 16.9 Å². The smallest absolute Gasteiger partial charge is 0.256 e. The molecule has 0 saturated heterocycles. The van der Waals surface area contributed by atoms with Crippen LogP contribution in [-0.2, 0) is 0 Å². The number of nitrogens with zero attached hydrogens (tertiary/aromatic N) is 1. The van der Waals surface area contributed by atoms with E-state index in [-0.39, 0.29) is 17.5 Å². The van der Waals surface area contributed by atoms with Crippen molar-refractivity contribution >= 4 is 11.7 Å². The van der Waals surface area contributed by atoms with Gasteiger partial charge in [-0.1, -0.05) is 42.5 Å². The Morgan fingerprint density at radius 1 is 0.864 bits per heavy atom. The van der Waals surface area contributed by atoms with Crippen LogP contribution >= 0.6 is 0 Å². The van der Waals surface area contributed by atoms with Gasteiger partial charge in [0.25, 0.3) is 5.91 Å². The molecule has 0 aliphatic rings. The lowest BCUT2D eigenvalue weighted by Gasteiger charge is -2.07. The standard InChI is InChI=1S/C18H14N2O2/c21-16-7-4-12-19-17(16)20-18(22)15-10-8-14(9-11-15)13-5-2-1-3-6-13/h1-12,21H,(H,19,20,22). The normalized spacial score (nSPS) is 10.2. The maximum absolute atomic E-state index is 12.2. The molecule has 0 bridgehead atoms. The van der Waals surface area contributed by atoms with Crippen molar-refractivity contribution in [1.82, 2.24) is 4.98 Å². The summed E-state index contributed by atoms with van der Waals surface area (Å²) in [6.07, 6.45) is 1.51. The van der Waals surface area contributed by atoms with E-state index >= 15 is 0 Å². The van der Waals surface area contributed by atoms with Gasteiger partial charge in [-0.25, -0.2) is 4.98 Å². The minimum Gasteiger partial charge on any atom is -0.504 e. The maximum atomic E-state index is 12.2. The Bertz CT molecular complexity index is 784. The van der Waals surface area contributed by atoms with Crippen LogP contribution in [0.3, 0.4) is 0 Å². The topological polar surface area (TPSA) is 62.2 Å². The van der Waals surface area contributed by atoms with Crippen molar-refractivity contribution in [3.05, 3.63) is 78.5 Å². The molecular weight excluding hydrogens is 276 g/mol. The van der Waals surface area contributed by atoms with Crippen LogP contribution in [0.15, 0.2) is 72.9 Å². The van der Waals surface area contributed by atoms with E-state index in [1.165, 1.54) is 12.3 Å². The van der Waals surface area contributed by atoms with Crippen LogP contribution in [-0.4, -0.2) is 16.0 Å². The highest BCUT2D eigenvalue weighted by Gasteiger charge is 2.09. The average Bonchev–Trinajstić information content (AvgIpc) is 2.58. The van der Waals surface area contributed by atoms with E-state index in [0.717, 1.165) is 11.1 Å². The van der Waals surface area contributed by atoms with Crippen LogP contribution < -0.4 is 5.32 Å². The molecule has 4 heteroatoms. The number of aromatic hydroxyl groups is 1. The highest BCUT2D eigenvalue weighted by molar-refractivity contribution is 6.04. The lowest BCUT2D eigenvalue weighted by molar-refractivity contribution is 0.102. The SMILES string of the molecule is O=C(Nc1ncccc1O)c1ccc(-c2ccccc2)cc1. The molecule has 0 fully saturated rings. The van der Waals surface area contributed by atoms with Crippen LogP contribution in [0.1, 0.15) is 10.4 Å². The minimum atomic E-state index is -0.311. The van der Waals surface area contributed by atoms with E-state index < -0.39 is 0 Å². The fourth-order valence-corrected chi connectivity index (χ4v) is 2.12. The summed E-state index contributed by atoms with van der Waals surface area (Å²) < 4.78 is 0. The van der Waals surface area contributed by atoms with Gasteiger partial charge in [0.1, 0.15) is 0 Å². The molecule has 1 amide bonds. The van der Waals surface area contributed by atoms with E-state index in [1.807, 2.05) is 42.5 Å². The van der Waals surface area contributed by atoms with Crippen LogP contribution in [0.4, 0.5) is 5.82 Å². The van der Waals surface area contributed by atoms with Crippen molar-refractivity contribution in [2.75, 3.05) is 5.32 Å². The highest BCUT2D eigenvalue weighted by Crippen LogP contribution is 2.21. The molecule has 1 heterocycles. The zero-order valence-corrected chi connectivity index (χ0v) is 11.7. The first-order valence-corrected chi connectivity index (χ1v) is 6.85. The second-order valence-electron chi connectivity index (χ2n) is 4.77. The van der Waals surface area contributed by atoms with Gasteiger partial charge in [0.15, 0.2) is 11.6 Å². The van der Waals surface area contributed by atoms with Gasteiger partial charge in [0.05, 0.1) is 0 Å². The molecule has 108 valence electrons. The fourth-order valence-electron chi connectivity index (χ4n) is 2.12. The largest absolute Gasteiger partial charge is 0.504 e. The van der Waals surface area contributed by atoms with E-state index in [2.05, 4.69) is 10.3 Å². The summed E-state index contributed by atoms with van der Waals surface area (Å²) in [6.45, 7) is 0. The number of benzene rings is 2. The molecule has 0 aliphatic heterocycles. The monoisotopic (exact) mass is 290 g/mol. The molecule has 3 rings (SSSR count). The van der Waals surface area contributed by atoms with Crippen LogP contribution in [0.25, 0.3) is 11.1 Å². The highest BCUT2D eigenvalue weighted by atomic mass is 16.3. The molecular formula is C18H14N2O2. The number of rotatable bonds is 3. The third-order valence-electron chi connectivity index (χ3n) is 3.27. The number of anilines is 1. The van der Waals surface area contributed by atoms with Gasteiger partial charge in [0.2, 0.25) is 0 Å². The second-order valence-corrected chi connectivity index (χ2v) is 4.77. The van der Waals surface area contributed by atoms with Crippen LogP contribution in [0, 0.1) is 0 Å². The zero-order chi connectivity index (χ0) is 15.4. The van der Waals surface area contributed by atoms with Crippen molar-refractivity contribution in [1.29, 1.82) is 0 Å². The second kappa shape index (κ2) is 6.10. The summed E-state index contributed by atoms with van der Waals surface area (Å²) in [7, 11) is 0. The predicted octanol–water partition coefficient (Wildman–Crippen LogP) is 3.71. The van der Waals surface area contributed by atoms with Crippen molar-refractivity contribution in [3.63, 3.8) is 0 Å². The molecule has 0 spiro atoms. The Labute approximate surface area is 128 Å². The molecule has 0 radical (unpaired) electrons. The summed E-state index contributed by atoms with van der Waals surface area (Å²) in [5, 5.41) is 12.2. The molecule has 3 aromatic rings. The first-order valence-electron chi connectivity index (χ1n) is 6.85. The zero-order valence-electron chi connectivity index (χ0n) is 11.7. The van der Waals surface area contributed by atoms with Crippen LogP contribution in [0.5, 0.6) is 5.75 Å². The number of carbonyl (C=O) groups is 1. The quantitative estimate of drug-likeness (QED) is 0.773. The lowest BCUT2D eigenvalue weighted by Crippen LogP contribution is -2.12. The molecule has 2 N–H and O–H groups in total. The molecule has 0 unspecified atom stereocenters. The molecule has 0 atom stereocenters. The van der Waals surface area contributed by atoms with Gasteiger partial charge >= 0.3 is 0 Å². The Hall–Kier alpha value is -3.14. The minimum absolute atomic E-state index is 0.0586. The summed E-state index contributed by atoms with van der Waals surface area (Å²) in [6, 6.07) is 20.3. The molecule has 1 aromatic heterocycles. The molecule has 22 heavy (non-hydrogen) atoms. The van der Waals surface area contributed by atoms with Crippen molar-refractivity contribution < 1.29 is 9.90 Å². The summed E-state index contributed by atoms with van der Waals surface area (Å²) in [4.78, 5) is 16.1. The number of amides is 1. The predicted molar refractivity (Wildman–Crippen MR) is 85.7 cm³/mol. The lowest BCUT2D eigenvalue weighted by atomic mass is 10.0. The van der Waals surface area contributed by atoms with E-state index in [1.54, 1.807) is 18.2 Å². The van der Waals surface area contributed by atoms with Crippen LogP contribution in [0.2, 0.25) is 0 Å². The Morgan fingerprint density at radius 3 is 2.23 bits per heavy atom. The third kappa shape index (κ3) is 2.96. The first-order chi connectivity index (χ1) is 10.7. The summed E-state index contributed by atoms with van der Waals surface area (Å²) in [5.41, 5.74) is 2.64. The summed E-state index contributed by atoms with van der Waals surface area (Å²) >= 11 is 0. The molecule has 2 aromatic carbocycles. The number of pyridine rings is 1. The Morgan fingerprint density at radius 2 is 1.55 bits per heavy atom.